The molecule has 3 aliphatic rings. The fourth-order valence-electron chi connectivity index (χ4n) is 2.01. The summed E-state index contributed by atoms with van der Waals surface area (Å²) in [6.07, 6.45) is 8.76. The van der Waals surface area contributed by atoms with Gasteiger partial charge in [-0.25, -0.2) is 0 Å². The topological polar surface area (TPSA) is 12.0 Å². The lowest BCUT2D eigenvalue weighted by Crippen LogP contribution is -2.52. The Morgan fingerprint density at radius 1 is 0.889 bits per heavy atom. The van der Waals surface area contributed by atoms with Gasteiger partial charge in [0.1, 0.15) is 0 Å². The van der Waals surface area contributed by atoms with Crippen LogP contribution in [-0.2, 0) is 0 Å². The quantitative estimate of drug-likeness (QED) is 0.519. The third kappa shape index (κ3) is 1.11. The molecule has 1 saturated carbocycles. The summed E-state index contributed by atoms with van der Waals surface area (Å²) in [4.78, 5) is 0. The van der Waals surface area contributed by atoms with Crippen molar-refractivity contribution in [3.8, 4) is 0 Å². The number of fused-ring (bicyclic) bond motifs is 4. The van der Waals surface area contributed by atoms with Crippen molar-refractivity contribution < 1.29 is 0 Å². The Kier molecular flexibility index (Phi) is 1.46. The molecule has 2 heterocycles. The average Bonchev–Trinajstić information content (AvgIpc) is 1.54. The second-order valence-electron chi connectivity index (χ2n) is 3.43. The summed E-state index contributed by atoms with van der Waals surface area (Å²) in [5, 5.41) is 3.58. The first-order valence-corrected chi connectivity index (χ1v) is 4.21. The van der Waals surface area contributed by atoms with Crippen LogP contribution in [0.1, 0.15) is 38.5 Å². The molecule has 0 aromatic rings. The molecule has 0 radical (unpaired) electrons. The van der Waals surface area contributed by atoms with Gasteiger partial charge in [-0.15, -0.1) is 0 Å². The first kappa shape index (κ1) is 5.72. The lowest BCUT2D eigenvalue weighted by atomic mass is 9.86. The summed E-state index contributed by atoms with van der Waals surface area (Å²) in [6.45, 7) is 0. The highest BCUT2D eigenvalue weighted by atomic mass is 15.0. The van der Waals surface area contributed by atoms with Gasteiger partial charge in [-0.05, 0) is 19.3 Å². The van der Waals surface area contributed by atoms with Crippen LogP contribution in [0.25, 0.3) is 0 Å². The van der Waals surface area contributed by atoms with Crippen LogP contribution in [0.2, 0.25) is 0 Å². The van der Waals surface area contributed by atoms with Crippen LogP contribution in [0.4, 0.5) is 0 Å². The Balaban J connectivity index is 1.85. The van der Waals surface area contributed by atoms with E-state index in [1.165, 1.54) is 38.5 Å². The molecule has 1 nitrogen and oxygen atoms in total. The molecule has 1 aliphatic carbocycles. The first-order valence-electron chi connectivity index (χ1n) is 4.21. The first-order chi connectivity index (χ1) is 4.45. The number of nitrogens with one attached hydrogen (secondary N) is 1. The van der Waals surface area contributed by atoms with E-state index in [-0.39, 0.29) is 0 Å². The highest BCUT2D eigenvalue weighted by Gasteiger charge is 2.28. The van der Waals surface area contributed by atoms with Crippen LogP contribution in [0.15, 0.2) is 0 Å². The minimum absolute atomic E-state index is 0.912. The molecule has 1 heteroatoms. The summed E-state index contributed by atoms with van der Waals surface area (Å²) in [5.74, 6) is 0. The predicted molar refractivity (Wildman–Crippen MR) is 38.4 cm³/mol. The molecule has 2 atom stereocenters. The van der Waals surface area contributed by atoms with E-state index >= 15 is 0 Å². The lowest BCUT2D eigenvalue weighted by Gasteiger charge is -2.39. The van der Waals surface area contributed by atoms with Crippen molar-refractivity contribution in [3.63, 3.8) is 0 Å². The Hall–Kier alpha value is -0.0400. The molecule has 52 valence electrons. The molecule has 0 spiro atoms. The van der Waals surface area contributed by atoms with E-state index in [1.54, 1.807) is 0 Å². The Labute approximate surface area is 56.8 Å². The van der Waals surface area contributed by atoms with Gasteiger partial charge in [0.2, 0.25) is 0 Å². The zero-order valence-corrected chi connectivity index (χ0v) is 5.90. The van der Waals surface area contributed by atoms with E-state index < -0.39 is 0 Å². The van der Waals surface area contributed by atoms with Gasteiger partial charge in [0.25, 0.3) is 0 Å². The maximum absolute atomic E-state index is 3.58. The third-order valence-electron chi connectivity index (χ3n) is 2.65. The summed E-state index contributed by atoms with van der Waals surface area (Å²) in [6, 6.07) is 1.82. The summed E-state index contributed by atoms with van der Waals surface area (Å²) in [7, 11) is 0. The molecular weight excluding hydrogens is 110 g/mol. The second-order valence-corrected chi connectivity index (χ2v) is 3.43. The molecule has 2 saturated heterocycles. The van der Waals surface area contributed by atoms with Crippen molar-refractivity contribution in [2.75, 3.05) is 0 Å². The maximum Gasteiger partial charge on any atom is 0.00844 e. The zero-order chi connectivity index (χ0) is 6.10. The Morgan fingerprint density at radius 2 is 1.44 bits per heavy atom. The summed E-state index contributed by atoms with van der Waals surface area (Å²) >= 11 is 0. The highest BCUT2D eigenvalue weighted by molar-refractivity contribution is 4.89. The van der Waals surface area contributed by atoms with Crippen molar-refractivity contribution in [3.05, 3.63) is 0 Å². The minimum atomic E-state index is 0.912. The molecular formula is C8H15N. The van der Waals surface area contributed by atoms with Crippen LogP contribution in [0.3, 0.4) is 0 Å². The average molecular weight is 125 g/mol. The molecule has 1 N–H and O–H groups in total. The molecule has 2 aliphatic heterocycles. The number of hydrogen-bond acceptors (Lipinski definition) is 1. The van der Waals surface area contributed by atoms with Gasteiger partial charge < -0.3 is 5.32 Å². The largest absolute Gasteiger partial charge is 0.311 e. The third-order valence-corrected chi connectivity index (χ3v) is 2.65. The van der Waals surface area contributed by atoms with Crippen LogP contribution in [0, 0.1) is 0 Å². The fraction of sp³-hybridized carbons (Fsp3) is 1.00. The molecule has 0 amide bonds. The van der Waals surface area contributed by atoms with Gasteiger partial charge in [-0.2, -0.15) is 0 Å². The number of rotatable bonds is 0. The fourth-order valence-corrected chi connectivity index (χ4v) is 2.01. The standard InChI is InChI=1S/C8H15N/c1-2-4-7-6-8(9-7)5-3-1/h7-9H,1-6H2. The Morgan fingerprint density at radius 3 is 2.00 bits per heavy atom. The van der Waals surface area contributed by atoms with Gasteiger partial charge >= 0.3 is 0 Å². The van der Waals surface area contributed by atoms with Crippen LogP contribution in [0.5, 0.6) is 0 Å². The Bertz CT molecular complexity index is 79.2. The van der Waals surface area contributed by atoms with Gasteiger partial charge in [0.05, 0.1) is 0 Å². The highest BCUT2D eigenvalue weighted by Crippen LogP contribution is 2.25. The molecule has 0 aromatic carbocycles. The van der Waals surface area contributed by atoms with Crippen LogP contribution in [-0.4, -0.2) is 12.1 Å². The van der Waals surface area contributed by atoms with Gasteiger partial charge in [-0.3, -0.25) is 0 Å². The molecule has 3 rings (SSSR count). The van der Waals surface area contributed by atoms with E-state index in [2.05, 4.69) is 5.32 Å². The van der Waals surface area contributed by atoms with E-state index in [0.29, 0.717) is 0 Å². The molecule has 0 aromatic heterocycles. The van der Waals surface area contributed by atoms with Crippen molar-refractivity contribution in [2.24, 2.45) is 0 Å². The van der Waals surface area contributed by atoms with Crippen molar-refractivity contribution >= 4 is 0 Å². The van der Waals surface area contributed by atoms with Crippen LogP contribution >= 0.6 is 0 Å². The van der Waals surface area contributed by atoms with Crippen LogP contribution < -0.4 is 5.32 Å². The smallest absolute Gasteiger partial charge is 0.00844 e. The maximum atomic E-state index is 3.58. The predicted octanol–water partition coefficient (Wildman–Crippen LogP) is 1.68. The monoisotopic (exact) mass is 125 g/mol. The summed E-state index contributed by atoms with van der Waals surface area (Å²) < 4.78 is 0. The zero-order valence-electron chi connectivity index (χ0n) is 5.90. The SMILES string of the molecule is C1CCC2CC(CC1)N2. The molecule has 2 bridgehead atoms. The van der Waals surface area contributed by atoms with Crippen molar-refractivity contribution in [1.29, 1.82) is 0 Å². The van der Waals surface area contributed by atoms with Gasteiger partial charge in [0, 0.05) is 12.1 Å². The number of hydrogen-bond donors (Lipinski definition) is 1. The molecule has 3 fully saturated rings. The summed E-state index contributed by atoms with van der Waals surface area (Å²) in [5.41, 5.74) is 0. The van der Waals surface area contributed by atoms with Crippen molar-refractivity contribution in [2.45, 2.75) is 50.6 Å². The van der Waals surface area contributed by atoms with E-state index in [1.807, 2.05) is 0 Å². The second kappa shape index (κ2) is 2.30. The van der Waals surface area contributed by atoms with E-state index in [9.17, 15) is 0 Å². The minimum Gasteiger partial charge on any atom is -0.311 e. The van der Waals surface area contributed by atoms with Gasteiger partial charge in [-0.1, -0.05) is 19.3 Å². The van der Waals surface area contributed by atoms with Gasteiger partial charge in [0.15, 0.2) is 0 Å². The normalized spacial score (nSPS) is 42.7. The van der Waals surface area contributed by atoms with E-state index in [0.717, 1.165) is 12.1 Å². The van der Waals surface area contributed by atoms with Crippen molar-refractivity contribution in [1.82, 2.24) is 5.32 Å². The molecule has 2 unspecified atom stereocenters. The van der Waals surface area contributed by atoms with E-state index in [4.69, 9.17) is 0 Å². The molecule has 9 heavy (non-hydrogen) atoms. The lowest BCUT2D eigenvalue weighted by molar-refractivity contribution is 0.212.